The molecule has 0 saturated heterocycles. The molecule has 0 radical (unpaired) electrons. The first-order chi connectivity index (χ1) is 13.5. The van der Waals surface area contributed by atoms with Gasteiger partial charge in [-0.1, -0.05) is 17.7 Å². The Balaban J connectivity index is 0.000000370. The normalized spacial score (nSPS) is 10.8. The summed E-state index contributed by atoms with van der Waals surface area (Å²) in [6.07, 6.45) is -5.08. The summed E-state index contributed by atoms with van der Waals surface area (Å²) in [6, 6.07) is 11.4. The lowest BCUT2D eigenvalue weighted by atomic mass is 10.2. The van der Waals surface area contributed by atoms with Crippen LogP contribution in [0.5, 0.6) is 0 Å². The highest BCUT2D eigenvalue weighted by molar-refractivity contribution is 5.73. The van der Waals surface area contributed by atoms with Crippen LogP contribution < -0.4 is 10.9 Å². The van der Waals surface area contributed by atoms with Crippen LogP contribution in [-0.2, 0) is 4.79 Å². The zero-order valence-electron chi connectivity index (χ0n) is 15.7. The number of nitrogens with zero attached hydrogens (tertiary/aromatic N) is 3. The number of carboxylic acids is 1. The standard InChI is InChI=1S/C16H17N5O.C2HF3O2/c1-10-4-6-13(7-5-10)18-14-8-12(3)20-21(14)16-17-11(2)9-15(22)19-16;3-2(4,5)1(6)7/h4-9,18H,1-3H3,(H,17,19,22);(H,6,7). The van der Waals surface area contributed by atoms with E-state index >= 15 is 0 Å². The molecule has 0 atom stereocenters. The zero-order chi connectivity index (χ0) is 21.8. The minimum absolute atomic E-state index is 0.197. The molecule has 0 aliphatic rings. The van der Waals surface area contributed by atoms with E-state index in [1.165, 1.54) is 11.6 Å². The van der Waals surface area contributed by atoms with E-state index in [4.69, 9.17) is 9.90 Å². The van der Waals surface area contributed by atoms with Crippen LogP contribution in [0.1, 0.15) is 17.0 Å². The van der Waals surface area contributed by atoms with E-state index in [9.17, 15) is 18.0 Å². The van der Waals surface area contributed by atoms with Crippen molar-refractivity contribution in [2.75, 3.05) is 5.32 Å². The summed E-state index contributed by atoms with van der Waals surface area (Å²) in [5.74, 6) is -1.62. The summed E-state index contributed by atoms with van der Waals surface area (Å²) in [6.45, 7) is 5.71. The van der Waals surface area contributed by atoms with Gasteiger partial charge in [0.1, 0.15) is 5.82 Å². The van der Waals surface area contributed by atoms with E-state index in [1.54, 1.807) is 11.6 Å². The van der Waals surface area contributed by atoms with Gasteiger partial charge in [0, 0.05) is 23.5 Å². The van der Waals surface area contributed by atoms with Gasteiger partial charge in [0.15, 0.2) is 0 Å². The van der Waals surface area contributed by atoms with Crippen LogP contribution >= 0.6 is 0 Å². The maximum absolute atomic E-state index is 11.6. The summed E-state index contributed by atoms with van der Waals surface area (Å²) in [4.78, 5) is 27.6. The maximum Gasteiger partial charge on any atom is 0.490 e. The number of halogens is 3. The Hall–Kier alpha value is -3.63. The molecule has 3 rings (SSSR count). The number of carbonyl (C=O) groups is 1. The van der Waals surface area contributed by atoms with Crippen LogP contribution in [0.2, 0.25) is 0 Å². The highest BCUT2D eigenvalue weighted by atomic mass is 19.4. The molecule has 8 nitrogen and oxygen atoms in total. The van der Waals surface area contributed by atoms with Gasteiger partial charge in [-0.15, -0.1) is 0 Å². The van der Waals surface area contributed by atoms with Crippen molar-refractivity contribution >= 4 is 17.5 Å². The molecule has 2 aromatic heterocycles. The second-order valence-corrected chi connectivity index (χ2v) is 6.09. The van der Waals surface area contributed by atoms with Gasteiger partial charge in [-0.3, -0.25) is 9.78 Å². The summed E-state index contributed by atoms with van der Waals surface area (Å²) in [7, 11) is 0. The molecule has 29 heavy (non-hydrogen) atoms. The quantitative estimate of drug-likeness (QED) is 0.612. The van der Waals surface area contributed by atoms with Crippen LogP contribution in [0.25, 0.3) is 5.95 Å². The Morgan fingerprint density at radius 2 is 1.69 bits per heavy atom. The average Bonchev–Trinajstić information content (AvgIpc) is 2.96. The average molecular weight is 409 g/mol. The third-order valence-corrected chi connectivity index (χ3v) is 3.46. The highest BCUT2D eigenvalue weighted by Gasteiger charge is 2.38. The van der Waals surface area contributed by atoms with E-state index in [0.29, 0.717) is 11.6 Å². The van der Waals surface area contributed by atoms with Crippen molar-refractivity contribution in [1.82, 2.24) is 19.7 Å². The summed E-state index contributed by atoms with van der Waals surface area (Å²) >= 11 is 0. The molecule has 1 aromatic carbocycles. The minimum atomic E-state index is -5.08. The number of anilines is 2. The molecule has 154 valence electrons. The molecule has 0 spiro atoms. The number of H-pyrrole nitrogens is 1. The number of aromatic nitrogens is 4. The Kier molecular flexibility index (Phi) is 6.42. The lowest BCUT2D eigenvalue weighted by Crippen LogP contribution is -2.21. The number of aryl methyl sites for hydroxylation is 3. The van der Waals surface area contributed by atoms with E-state index in [0.717, 1.165) is 17.2 Å². The van der Waals surface area contributed by atoms with Crippen molar-refractivity contribution in [3.8, 4) is 5.95 Å². The number of aromatic amines is 1. The topological polar surface area (TPSA) is 113 Å². The largest absolute Gasteiger partial charge is 0.490 e. The monoisotopic (exact) mass is 409 g/mol. The van der Waals surface area contributed by atoms with Crippen LogP contribution in [0.15, 0.2) is 41.2 Å². The molecule has 0 aliphatic heterocycles. The number of alkyl halides is 3. The van der Waals surface area contributed by atoms with E-state index in [2.05, 4.69) is 20.4 Å². The molecular formula is C18H18F3N5O3. The molecule has 0 amide bonds. The third-order valence-electron chi connectivity index (χ3n) is 3.46. The molecule has 0 bridgehead atoms. The Labute approximate surface area is 163 Å². The number of rotatable bonds is 3. The number of benzene rings is 1. The molecule has 0 fully saturated rings. The van der Waals surface area contributed by atoms with Crippen molar-refractivity contribution in [2.45, 2.75) is 26.9 Å². The number of hydrogen-bond donors (Lipinski definition) is 3. The number of carboxylic acid groups (broad SMARTS) is 1. The lowest BCUT2D eigenvalue weighted by molar-refractivity contribution is -0.192. The summed E-state index contributed by atoms with van der Waals surface area (Å²) in [5.41, 5.74) is 3.42. The van der Waals surface area contributed by atoms with Gasteiger partial charge in [0.2, 0.25) is 5.95 Å². The second-order valence-electron chi connectivity index (χ2n) is 6.09. The van der Waals surface area contributed by atoms with E-state index < -0.39 is 12.1 Å². The predicted molar refractivity (Wildman–Crippen MR) is 99.6 cm³/mol. The van der Waals surface area contributed by atoms with Gasteiger partial charge in [-0.25, -0.2) is 9.78 Å². The fraction of sp³-hybridized carbons (Fsp3) is 0.222. The Morgan fingerprint density at radius 3 is 2.21 bits per heavy atom. The smallest absolute Gasteiger partial charge is 0.475 e. The molecule has 0 aliphatic carbocycles. The molecular weight excluding hydrogens is 391 g/mol. The molecule has 3 N–H and O–H groups in total. The van der Waals surface area contributed by atoms with Gasteiger partial charge in [-0.2, -0.15) is 23.0 Å². The minimum Gasteiger partial charge on any atom is -0.475 e. The lowest BCUT2D eigenvalue weighted by Gasteiger charge is -2.09. The summed E-state index contributed by atoms with van der Waals surface area (Å²) < 4.78 is 33.3. The van der Waals surface area contributed by atoms with Crippen molar-refractivity contribution in [2.24, 2.45) is 0 Å². The first-order valence-electron chi connectivity index (χ1n) is 8.24. The third kappa shape index (κ3) is 6.19. The first-order valence-corrected chi connectivity index (χ1v) is 8.24. The molecule has 3 aromatic rings. The first kappa shape index (κ1) is 21.7. The van der Waals surface area contributed by atoms with E-state index in [1.807, 2.05) is 44.2 Å². The fourth-order valence-electron chi connectivity index (χ4n) is 2.20. The maximum atomic E-state index is 11.6. The Morgan fingerprint density at radius 1 is 1.10 bits per heavy atom. The zero-order valence-corrected chi connectivity index (χ0v) is 15.7. The predicted octanol–water partition coefficient (Wildman–Crippen LogP) is 3.26. The number of nitrogens with one attached hydrogen (secondary N) is 2. The van der Waals surface area contributed by atoms with Gasteiger partial charge in [0.25, 0.3) is 5.56 Å². The Bertz CT molecular complexity index is 1060. The van der Waals surface area contributed by atoms with Crippen LogP contribution in [-0.4, -0.2) is 37.0 Å². The van der Waals surface area contributed by atoms with Crippen LogP contribution in [0.4, 0.5) is 24.7 Å². The SMILES string of the molecule is Cc1ccc(Nc2cc(C)nn2-c2nc(C)cc(=O)[nH]2)cc1.O=C(O)C(F)(F)F. The van der Waals surface area contributed by atoms with Gasteiger partial charge in [0.05, 0.1) is 5.69 Å². The van der Waals surface area contributed by atoms with Gasteiger partial charge in [-0.05, 0) is 32.9 Å². The van der Waals surface area contributed by atoms with Gasteiger partial charge < -0.3 is 10.4 Å². The van der Waals surface area contributed by atoms with Crippen molar-refractivity contribution in [3.05, 3.63) is 63.7 Å². The highest BCUT2D eigenvalue weighted by Crippen LogP contribution is 2.20. The molecule has 0 saturated carbocycles. The van der Waals surface area contributed by atoms with Gasteiger partial charge >= 0.3 is 12.1 Å². The van der Waals surface area contributed by atoms with E-state index in [-0.39, 0.29) is 5.56 Å². The molecule has 2 heterocycles. The van der Waals surface area contributed by atoms with Crippen molar-refractivity contribution in [1.29, 1.82) is 0 Å². The number of hydrogen-bond acceptors (Lipinski definition) is 5. The fourth-order valence-corrected chi connectivity index (χ4v) is 2.20. The number of aliphatic carboxylic acids is 1. The van der Waals surface area contributed by atoms with Crippen LogP contribution in [0.3, 0.4) is 0 Å². The summed E-state index contributed by atoms with van der Waals surface area (Å²) in [5, 5.41) is 14.8. The second kappa shape index (κ2) is 8.59. The van der Waals surface area contributed by atoms with Crippen LogP contribution in [0, 0.1) is 20.8 Å². The molecule has 11 heteroatoms. The molecule has 0 unspecified atom stereocenters. The van der Waals surface area contributed by atoms with Crippen molar-refractivity contribution in [3.63, 3.8) is 0 Å². The van der Waals surface area contributed by atoms with Crippen molar-refractivity contribution < 1.29 is 23.1 Å².